The van der Waals surface area contributed by atoms with Crippen LogP contribution in [0.4, 0.5) is 5.82 Å². The van der Waals surface area contributed by atoms with Crippen LogP contribution in [0.3, 0.4) is 0 Å². The average Bonchev–Trinajstić information content (AvgIpc) is 2.37. The lowest BCUT2D eigenvalue weighted by Gasteiger charge is -2.32. The smallest absolute Gasteiger partial charge is 0.291 e. The van der Waals surface area contributed by atoms with E-state index >= 15 is 0 Å². The van der Waals surface area contributed by atoms with Crippen LogP contribution in [0, 0.1) is 0 Å². The fourth-order valence-corrected chi connectivity index (χ4v) is 2.56. The summed E-state index contributed by atoms with van der Waals surface area (Å²) < 4.78 is 0. The molecule has 1 aromatic carbocycles. The van der Waals surface area contributed by atoms with Gasteiger partial charge in [0.1, 0.15) is 0 Å². The van der Waals surface area contributed by atoms with Crippen LogP contribution in [0.25, 0.3) is 11.0 Å². The number of piperazine rings is 1. The fraction of sp³-hybridized carbons (Fsp3) is 0.385. The predicted molar refractivity (Wildman–Crippen MR) is 77.1 cm³/mol. The lowest BCUT2D eigenvalue weighted by Crippen LogP contribution is -2.50. The number of aromatic amines is 1. The molecule has 1 atom stereocenters. The zero-order valence-electron chi connectivity index (χ0n) is 10.6. The van der Waals surface area contributed by atoms with Gasteiger partial charge < -0.3 is 15.2 Å². The summed E-state index contributed by atoms with van der Waals surface area (Å²) >= 11 is 5.91. The summed E-state index contributed by atoms with van der Waals surface area (Å²) in [5.74, 6) is 0.489. The van der Waals surface area contributed by atoms with Gasteiger partial charge in [-0.1, -0.05) is 11.6 Å². The normalized spacial score (nSPS) is 19.9. The molecule has 0 spiro atoms. The molecule has 1 aromatic heterocycles. The number of anilines is 1. The SMILES string of the molecule is CC1CN(c2nc3ccc(Cl)cc3[nH]c2=O)CCN1. The Morgan fingerprint density at radius 1 is 1.47 bits per heavy atom. The van der Waals surface area contributed by atoms with E-state index in [-0.39, 0.29) is 5.56 Å². The maximum atomic E-state index is 12.1. The second-order valence-electron chi connectivity index (χ2n) is 4.85. The molecule has 0 aliphatic carbocycles. The minimum Gasteiger partial charge on any atom is -0.349 e. The molecular formula is C13H15ClN4O. The highest BCUT2D eigenvalue weighted by molar-refractivity contribution is 6.31. The molecule has 3 rings (SSSR count). The van der Waals surface area contributed by atoms with Crippen molar-refractivity contribution in [2.24, 2.45) is 0 Å². The van der Waals surface area contributed by atoms with Crippen LogP contribution in [-0.2, 0) is 0 Å². The third kappa shape index (κ3) is 2.43. The highest BCUT2D eigenvalue weighted by Crippen LogP contribution is 2.17. The molecule has 1 unspecified atom stereocenters. The second kappa shape index (κ2) is 4.83. The molecule has 19 heavy (non-hydrogen) atoms. The molecule has 0 radical (unpaired) electrons. The van der Waals surface area contributed by atoms with Crippen molar-refractivity contribution in [2.45, 2.75) is 13.0 Å². The minimum absolute atomic E-state index is 0.163. The van der Waals surface area contributed by atoms with Gasteiger partial charge in [-0.05, 0) is 25.1 Å². The van der Waals surface area contributed by atoms with Crippen molar-refractivity contribution < 1.29 is 0 Å². The van der Waals surface area contributed by atoms with E-state index in [2.05, 4.69) is 22.2 Å². The standard InChI is InChI=1S/C13H15ClN4O/c1-8-7-18(5-4-15-8)12-13(19)17-11-6-9(14)2-3-10(11)16-12/h2-3,6,8,15H,4-5,7H2,1H3,(H,17,19). The third-order valence-corrected chi connectivity index (χ3v) is 3.54. The highest BCUT2D eigenvalue weighted by Gasteiger charge is 2.19. The third-order valence-electron chi connectivity index (χ3n) is 3.30. The van der Waals surface area contributed by atoms with Crippen molar-refractivity contribution in [1.82, 2.24) is 15.3 Å². The van der Waals surface area contributed by atoms with Crippen LogP contribution in [0.15, 0.2) is 23.0 Å². The quantitative estimate of drug-likeness (QED) is 0.827. The molecule has 1 fully saturated rings. The summed E-state index contributed by atoms with van der Waals surface area (Å²) in [6, 6.07) is 5.67. The number of hydrogen-bond donors (Lipinski definition) is 2. The molecule has 1 aliphatic heterocycles. The maximum absolute atomic E-state index is 12.1. The van der Waals surface area contributed by atoms with Crippen LogP contribution >= 0.6 is 11.6 Å². The summed E-state index contributed by atoms with van der Waals surface area (Å²) in [7, 11) is 0. The molecule has 1 saturated heterocycles. The van der Waals surface area contributed by atoms with E-state index in [4.69, 9.17) is 11.6 Å². The first-order valence-electron chi connectivity index (χ1n) is 6.31. The van der Waals surface area contributed by atoms with Crippen molar-refractivity contribution in [2.75, 3.05) is 24.5 Å². The first-order chi connectivity index (χ1) is 9.13. The summed E-state index contributed by atoms with van der Waals surface area (Å²) in [5, 5.41) is 3.94. The Morgan fingerprint density at radius 2 is 2.32 bits per heavy atom. The highest BCUT2D eigenvalue weighted by atomic mass is 35.5. The zero-order chi connectivity index (χ0) is 13.4. The van der Waals surface area contributed by atoms with Crippen LogP contribution in [-0.4, -0.2) is 35.6 Å². The number of fused-ring (bicyclic) bond motifs is 1. The van der Waals surface area contributed by atoms with Gasteiger partial charge in [0.05, 0.1) is 11.0 Å². The van der Waals surface area contributed by atoms with E-state index in [9.17, 15) is 4.79 Å². The Hall–Kier alpha value is -1.59. The van der Waals surface area contributed by atoms with Crippen molar-refractivity contribution in [3.05, 3.63) is 33.6 Å². The largest absolute Gasteiger partial charge is 0.349 e. The van der Waals surface area contributed by atoms with Gasteiger partial charge in [0.15, 0.2) is 5.82 Å². The molecule has 0 saturated carbocycles. The summed E-state index contributed by atoms with van der Waals surface area (Å²) in [5.41, 5.74) is 1.26. The van der Waals surface area contributed by atoms with Gasteiger partial charge in [-0.15, -0.1) is 0 Å². The Bertz CT molecular complexity index is 669. The Kier molecular flexibility index (Phi) is 3.16. The summed E-state index contributed by atoms with van der Waals surface area (Å²) in [4.78, 5) is 21.5. The first kappa shape index (κ1) is 12.4. The van der Waals surface area contributed by atoms with Gasteiger partial charge in [-0.3, -0.25) is 4.79 Å². The number of aromatic nitrogens is 2. The van der Waals surface area contributed by atoms with Crippen molar-refractivity contribution in [1.29, 1.82) is 0 Å². The van der Waals surface area contributed by atoms with Gasteiger partial charge in [0.25, 0.3) is 5.56 Å². The van der Waals surface area contributed by atoms with E-state index < -0.39 is 0 Å². The van der Waals surface area contributed by atoms with Gasteiger partial charge >= 0.3 is 0 Å². The first-order valence-corrected chi connectivity index (χ1v) is 6.69. The van der Waals surface area contributed by atoms with E-state index in [1.165, 1.54) is 0 Å². The monoisotopic (exact) mass is 278 g/mol. The minimum atomic E-state index is -0.163. The molecule has 5 nitrogen and oxygen atoms in total. The second-order valence-corrected chi connectivity index (χ2v) is 5.29. The van der Waals surface area contributed by atoms with Crippen molar-refractivity contribution in [3.8, 4) is 0 Å². The van der Waals surface area contributed by atoms with E-state index in [1.807, 2.05) is 11.0 Å². The molecule has 0 amide bonds. The molecule has 2 aromatic rings. The zero-order valence-corrected chi connectivity index (χ0v) is 11.4. The van der Waals surface area contributed by atoms with Crippen molar-refractivity contribution in [3.63, 3.8) is 0 Å². The summed E-state index contributed by atoms with van der Waals surface area (Å²) in [6.07, 6.45) is 0. The molecule has 6 heteroatoms. The van der Waals surface area contributed by atoms with Gasteiger partial charge in [0, 0.05) is 30.7 Å². The summed E-state index contributed by atoms with van der Waals surface area (Å²) in [6.45, 7) is 4.54. The number of rotatable bonds is 1. The number of H-pyrrole nitrogens is 1. The molecule has 1 aliphatic rings. The topological polar surface area (TPSA) is 61.0 Å². The Balaban J connectivity index is 2.06. The van der Waals surface area contributed by atoms with Gasteiger partial charge in [-0.2, -0.15) is 0 Å². The van der Waals surface area contributed by atoms with Crippen LogP contribution in [0.2, 0.25) is 5.02 Å². The number of halogens is 1. The van der Waals surface area contributed by atoms with Crippen LogP contribution in [0.5, 0.6) is 0 Å². The molecule has 2 heterocycles. The number of nitrogens with one attached hydrogen (secondary N) is 2. The number of hydrogen-bond acceptors (Lipinski definition) is 4. The van der Waals surface area contributed by atoms with E-state index in [0.717, 1.165) is 25.2 Å². The molecule has 100 valence electrons. The number of nitrogens with zero attached hydrogens (tertiary/aromatic N) is 2. The van der Waals surface area contributed by atoms with Crippen molar-refractivity contribution >= 4 is 28.5 Å². The van der Waals surface area contributed by atoms with Crippen LogP contribution in [0.1, 0.15) is 6.92 Å². The maximum Gasteiger partial charge on any atom is 0.291 e. The fourth-order valence-electron chi connectivity index (χ4n) is 2.39. The Labute approximate surface area is 115 Å². The molecule has 2 N–H and O–H groups in total. The van der Waals surface area contributed by atoms with E-state index in [0.29, 0.717) is 22.4 Å². The molecule has 0 bridgehead atoms. The van der Waals surface area contributed by atoms with Crippen LogP contribution < -0.4 is 15.8 Å². The lowest BCUT2D eigenvalue weighted by atomic mass is 10.2. The molecular weight excluding hydrogens is 264 g/mol. The Morgan fingerprint density at radius 3 is 3.11 bits per heavy atom. The predicted octanol–water partition coefficient (Wildman–Crippen LogP) is 1.37. The lowest BCUT2D eigenvalue weighted by molar-refractivity contribution is 0.481. The average molecular weight is 279 g/mol. The number of benzene rings is 1. The van der Waals surface area contributed by atoms with Gasteiger partial charge in [-0.25, -0.2) is 4.98 Å². The van der Waals surface area contributed by atoms with Gasteiger partial charge in [0.2, 0.25) is 0 Å². The van der Waals surface area contributed by atoms with E-state index in [1.54, 1.807) is 12.1 Å².